The van der Waals surface area contributed by atoms with Crippen molar-refractivity contribution in [3.05, 3.63) is 35.2 Å². The molecule has 262 valence electrons. The van der Waals surface area contributed by atoms with Crippen molar-refractivity contribution in [3.63, 3.8) is 0 Å². The first kappa shape index (κ1) is 43.0. The highest BCUT2D eigenvalue weighted by Gasteiger charge is 2.27. The van der Waals surface area contributed by atoms with Crippen LogP contribution in [-0.2, 0) is 4.74 Å². The van der Waals surface area contributed by atoms with Crippen LogP contribution < -0.4 is 0 Å². The summed E-state index contributed by atoms with van der Waals surface area (Å²) in [5.41, 5.74) is 4.39. The van der Waals surface area contributed by atoms with Gasteiger partial charge in [-0.05, 0) is 71.8 Å². The van der Waals surface area contributed by atoms with Gasteiger partial charge in [0.1, 0.15) is 5.60 Å². The van der Waals surface area contributed by atoms with Gasteiger partial charge < -0.3 is 14.5 Å². The van der Waals surface area contributed by atoms with Crippen LogP contribution in [-0.4, -0.2) is 53.4 Å². The molecule has 1 atom stereocenters. The van der Waals surface area contributed by atoms with Gasteiger partial charge in [-0.25, -0.2) is 4.79 Å². The predicted molar refractivity (Wildman–Crippen MR) is 199 cm³/mol. The molecule has 1 aliphatic carbocycles. The number of aliphatic imine (C=N–C) groups is 1. The maximum atomic E-state index is 12.4. The Balaban J connectivity index is 0.00000105. The van der Waals surface area contributed by atoms with Crippen molar-refractivity contribution in [2.24, 2.45) is 16.8 Å². The van der Waals surface area contributed by atoms with Crippen molar-refractivity contribution >= 4 is 11.8 Å². The Morgan fingerprint density at radius 1 is 0.889 bits per heavy atom. The normalized spacial score (nSPS) is 18.0. The van der Waals surface area contributed by atoms with Gasteiger partial charge in [0.25, 0.3) is 0 Å². The molecule has 45 heavy (non-hydrogen) atoms. The molecule has 2 rings (SSSR count). The van der Waals surface area contributed by atoms with Crippen LogP contribution in [0.3, 0.4) is 0 Å². The summed E-state index contributed by atoms with van der Waals surface area (Å²) in [7, 11) is 0. The van der Waals surface area contributed by atoms with Crippen LogP contribution >= 0.6 is 0 Å². The number of hydrogen-bond acceptors (Lipinski definition) is 4. The Morgan fingerprint density at radius 3 is 1.89 bits per heavy atom. The average Bonchev–Trinajstić information content (AvgIpc) is 3.02. The van der Waals surface area contributed by atoms with Gasteiger partial charge >= 0.3 is 6.09 Å². The zero-order valence-corrected chi connectivity index (χ0v) is 32.1. The zero-order chi connectivity index (χ0) is 34.3. The van der Waals surface area contributed by atoms with Crippen molar-refractivity contribution in [2.75, 3.05) is 26.2 Å². The molecule has 0 aromatic carbocycles. The highest BCUT2D eigenvalue weighted by molar-refractivity contribution is 6.03. The van der Waals surface area contributed by atoms with Crippen LogP contribution in [0.5, 0.6) is 0 Å². The van der Waals surface area contributed by atoms with Gasteiger partial charge in [0.2, 0.25) is 0 Å². The molecular formula is C40H75N3O2. The predicted octanol–water partition coefficient (Wildman–Crippen LogP) is 12.1. The lowest BCUT2D eigenvalue weighted by atomic mass is 9.86. The van der Waals surface area contributed by atoms with Crippen molar-refractivity contribution in [1.29, 1.82) is 0 Å². The number of rotatable bonds is 12. The van der Waals surface area contributed by atoms with Gasteiger partial charge in [-0.1, -0.05) is 124 Å². The maximum Gasteiger partial charge on any atom is 0.410 e. The Labute approximate surface area is 281 Å². The first-order valence-electron chi connectivity index (χ1n) is 18.7. The molecule has 1 amide bonds. The minimum absolute atomic E-state index is 0.222. The molecule has 0 N–H and O–H groups in total. The van der Waals surface area contributed by atoms with E-state index in [0.29, 0.717) is 19.0 Å². The number of ether oxygens (including phenoxy) is 1. The number of piperazine rings is 1. The Kier molecular flexibility index (Phi) is 24.0. The molecule has 0 aromatic heterocycles. The summed E-state index contributed by atoms with van der Waals surface area (Å²) in [6, 6.07) is 0. The number of unbranched alkanes of at least 4 members (excludes halogenated alkanes) is 3. The van der Waals surface area contributed by atoms with Gasteiger partial charge in [-0.15, -0.1) is 0 Å². The van der Waals surface area contributed by atoms with E-state index in [0.717, 1.165) is 37.6 Å². The molecule has 0 aromatic rings. The third-order valence-corrected chi connectivity index (χ3v) is 8.86. The molecule has 0 radical (unpaired) electrons. The van der Waals surface area contributed by atoms with Crippen LogP contribution in [0.4, 0.5) is 4.79 Å². The lowest BCUT2D eigenvalue weighted by molar-refractivity contribution is 0.0168. The fourth-order valence-corrected chi connectivity index (χ4v) is 6.00. The molecule has 1 saturated carbocycles. The van der Waals surface area contributed by atoms with E-state index in [1.807, 2.05) is 31.9 Å². The number of amides is 1. The number of carbonyl (C=O) groups is 1. The third kappa shape index (κ3) is 18.6. The van der Waals surface area contributed by atoms with Crippen LogP contribution in [0.1, 0.15) is 167 Å². The van der Waals surface area contributed by atoms with Crippen LogP contribution in [0, 0.1) is 11.8 Å². The summed E-state index contributed by atoms with van der Waals surface area (Å²) in [6.07, 6.45) is 24.0. The second-order valence-corrected chi connectivity index (χ2v) is 14.0. The van der Waals surface area contributed by atoms with E-state index in [1.54, 1.807) is 0 Å². The fraction of sp³-hybridized carbons (Fsp3) is 0.800. The highest BCUT2D eigenvalue weighted by Crippen LogP contribution is 2.29. The molecular weight excluding hydrogens is 554 g/mol. The average molecular weight is 630 g/mol. The monoisotopic (exact) mass is 630 g/mol. The van der Waals surface area contributed by atoms with Crippen molar-refractivity contribution < 1.29 is 9.53 Å². The van der Waals surface area contributed by atoms with E-state index in [-0.39, 0.29) is 6.09 Å². The summed E-state index contributed by atoms with van der Waals surface area (Å²) in [4.78, 5) is 21.3. The summed E-state index contributed by atoms with van der Waals surface area (Å²) in [5, 5.41) is 0. The van der Waals surface area contributed by atoms with Crippen molar-refractivity contribution in [2.45, 2.75) is 172 Å². The summed E-state index contributed by atoms with van der Waals surface area (Å²) in [6.45, 7) is 28.4. The van der Waals surface area contributed by atoms with Gasteiger partial charge in [0, 0.05) is 49.4 Å². The van der Waals surface area contributed by atoms with E-state index in [4.69, 9.17) is 9.73 Å². The Morgan fingerprint density at radius 2 is 1.44 bits per heavy atom. The largest absolute Gasteiger partial charge is 0.444 e. The van der Waals surface area contributed by atoms with Crippen LogP contribution in [0.2, 0.25) is 0 Å². The van der Waals surface area contributed by atoms with E-state index < -0.39 is 5.60 Å². The quantitative estimate of drug-likeness (QED) is 0.123. The molecule has 5 nitrogen and oxygen atoms in total. The van der Waals surface area contributed by atoms with Gasteiger partial charge in [-0.3, -0.25) is 4.99 Å². The first-order valence-corrected chi connectivity index (χ1v) is 18.7. The van der Waals surface area contributed by atoms with Gasteiger partial charge in [-0.2, -0.15) is 0 Å². The molecule has 0 bridgehead atoms. The molecule has 1 heterocycles. The number of carbonyl (C=O) groups excluding carboxylic acids is 1. The van der Waals surface area contributed by atoms with Crippen molar-refractivity contribution in [1.82, 2.24) is 9.80 Å². The van der Waals surface area contributed by atoms with Crippen LogP contribution in [0.25, 0.3) is 0 Å². The molecule has 0 spiro atoms. The topological polar surface area (TPSA) is 45.1 Å². The smallest absolute Gasteiger partial charge is 0.410 e. The van der Waals surface area contributed by atoms with Gasteiger partial charge in [0.15, 0.2) is 0 Å². The summed E-state index contributed by atoms with van der Waals surface area (Å²) >= 11 is 0. The number of allylic oxidation sites excluding steroid dienone is 5. The maximum absolute atomic E-state index is 12.4. The second kappa shape index (κ2) is 25.1. The second-order valence-electron chi connectivity index (χ2n) is 14.0. The van der Waals surface area contributed by atoms with E-state index in [2.05, 4.69) is 79.4 Å². The standard InChI is InChI=1S/C25H43N3O2.C9H18.C6H14/c1-10-13-14-26-20(5)23(22(12-3)19(4)11-2)21(6)27-15-17-28(18-16-27)24(29)30-25(7,8)9;1-2-6-9-7-4-3-5-8-9;1-3-5-6-4-2/h12-14,19H,10-11,15-18H2,1-9H3;9H,2-8H2,1H3;3-6H2,1-2H3/b14-13+,22-12-,23-21-,26-20+;;. The van der Waals surface area contributed by atoms with E-state index in [1.165, 1.54) is 87.5 Å². The SMILES string of the molecule is CCCC1CCCCC1.CCCCCC.C\C=C(C(/C(C)=N/C=C/CC)=C(/C)N1CCN(C(=O)OC(C)(C)C)CC1)\C(C)CC. The third-order valence-electron chi connectivity index (χ3n) is 8.86. The Bertz CT molecular complexity index is 888. The minimum atomic E-state index is -0.464. The zero-order valence-electron chi connectivity index (χ0n) is 32.1. The fourth-order valence-electron chi connectivity index (χ4n) is 6.00. The lowest BCUT2D eigenvalue weighted by Gasteiger charge is -2.38. The van der Waals surface area contributed by atoms with E-state index in [9.17, 15) is 4.79 Å². The lowest BCUT2D eigenvalue weighted by Crippen LogP contribution is -2.49. The minimum Gasteiger partial charge on any atom is -0.444 e. The Hall–Kier alpha value is -2.04. The number of hydrogen-bond donors (Lipinski definition) is 0. The summed E-state index contributed by atoms with van der Waals surface area (Å²) in [5.74, 6) is 1.56. The molecule has 2 fully saturated rings. The molecule has 1 aliphatic heterocycles. The summed E-state index contributed by atoms with van der Waals surface area (Å²) < 4.78 is 5.54. The van der Waals surface area contributed by atoms with Gasteiger partial charge in [0.05, 0.1) is 0 Å². The highest BCUT2D eigenvalue weighted by atomic mass is 16.6. The molecule has 2 aliphatic rings. The first-order chi connectivity index (χ1) is 21.4. The molecule has 1 saturated heterocycles. The van der Waals surface area contributed by atoms with Crippen molar-refractivity contribution in [3.8, 4) is 0 Å². The molecule has 5 heteroatoms. The molecule has 1 unspecified atom stereocenters. The number of nitrogens with zero attached hydrogens (tertiary/aromatic N) is 3. The van der Waals surface area contributed by atoms with E-state index >= 15 is 0 Å². The van der Waals surface area contributed by atoms with Crippen LogP contribution in [0.15, 0.2) is 40.2 Å².